The molecule has 58 heavy (non-hydrogen) atoms. The molecule has 0 amide bonds. The maximum Gasteiger partial charge on any atom is 0.159 e. The van der Waals surface area contributed by atoms with E-state index in [9.17, 15) is 0 Å². The number of hydrogen-bond acceptors (Lipinski definition) is 2. The molecule has 10 aromatic carbocycles. The van der Waals surface area contributed by atoms with Crippen LogP contribution in [0, 0.1) is 0 Å². The van der Waals surface area contributed by atoms with Crippen molar-refractivity contribution >= 4 is 60.5 Å². The monoisotopic (exact) mass is 739 g/mol. The summed E-state index contributed by atoms with van der Waals surface area (Å²) in [5.74, 6) is 0. The Morgan fingerprint density at radius 3 is 1.52 bits per heavy atom. The average molecular weight is 740 g/mol. The van der Waals surface area contributed by atoms with Gasteiger partial charge < -0.3 is 9.32 Å². The van der Waals surface area contributed by atoms with Crippen molar-refractivity contribution in [1.29, 1.82) is 0 Å². The summed E-state index contributed by atoms with van der Waals surface area (Å²) in [6.07, 6.45) is 0. The van der Waals surface area contributed by atoms with E-state index in [0.717, 1.165) is 55.7 Å². The Bertz CT molecular complexity index is 3260. The first-order valence-corrected chi connectivity index (χ1v) is 19.8. The second-order valence-corrected chi connectivity index (χ2v) is 14.8. The minimum atomic E-state index is 0.849. The molecule has 0 unspecified atom stereocenters. The molecule has 0 aliphatic heterocycles. The highest BCUT2D eigenvalue weighted by atomic mass is 16.3. The predicted molar refractivity (Wildman–Crippen MR) is 245 cm³/mol. The lowest BCUT2D eigenvalue weighted by Crippen LogP contribution is -2.12. The van der Waals surface area contributed by atoms with Crippen LogP contribution in [0.4, 0.5) is 17.1 Å². The molecule has 2 heteroatoms. The number of anilines is 3. The standard InChI is InChI=1S/C56H37NO/c1-5-18-38(19-6-1)42-32-35-51(49(36-42)39-20-7-2-8-21-39)57(52-30-17-29-48-46-27-15-16-31-53(46)58-56(48)52)43-33-34-45-44-26-13-14-28-47(44)54(40-22-9-3-10-23-40)55(50(45)37-43)41-24-11-4-12-25-41/h1-37H. The molecule has 0 spiro atoms. The summed E-state index contributed by atoms with van der Waals surface area (Å²) in [5, 5.41) is 7.05. The molecule has 0 atom stereocenters. The Labute approximate surface area is 337 Å². The molecule has 2 nitrogen and oxygen atoms in total. The fourth-order valence-corrected chi connectivity index (χ4v) is 8.83. The molecule has 0 bridgehead atoms. The highest BCUT2D eigenvalue weighted by Crippen LogP contribution is 2.50. The van der Waals surface area contributed by atoms with E-state index in [2.05, 4.69) is 223 Å². The number of nitrogens with zero attached hydrogens (tertiary/aromatic N) is 1. The largest absolute Gasteiger partial charge is 0.454 e. The van der Waals surface area contributed by atoms with Crippen LogP contribution in [0.25, 0.3) is 88.0 Å². The third-order valence-corrected chi connectivity index (χ3v) is 11.4. The maximum atomic E-state index is 6.82. The molecule has 0 aliphatic rings. The number of para-hydroxylation sites is 2. The molecule has 0 saturated carbocycles. The van der Waals surface area contributed by atoms with Gasteiger partial charge in [0.25, 0.3) is 0 Å². The predicted octanol–water partition coefficient (Wildman–Crippen LogP) is 16.0. The summed E-state index contributed by atoms with van der Waals surface area (Å²) in [6.45, 7) is 0. The van der Waals surface area contributed by atoms with Gasteiger partial charge in [0.2, 0.25) is 0 Å². The zero-order valence-electron chi connectivity index (χ0n) is 31.7. The Kier molecular flexibility index (Phi) is 8.19. The van der Waals surface area contributed by atoms with Crippen LogP contribution in [0.2, 0.25) is 0 Å². The van der Waals surface area contributed by atoms with Gasteiger partial charge in [0.15, 0.2) is 5.58 Å². The fraction of sp³-hybridized carbons (Fsp3) is 0. The van der Waals surface area contributed by atoms with Crippen molar-refractivity contribution in [3.05, 3.63) is 224 Å². The van der Waals surface area contributed by atoms with Gasteiger partial charge in [-0.25, -0.2) is 0 Å². The summed E-state index contributed by atoms with van der Waals surface area (Å²) >= 11 is 0. The maximum absolute atomic E-state index is 6.82. The lowest BCUT2D eigenvalue weighted by atomic mass is 9.85. The van der Waals surface area contributed by atoms with Crippen molar-refractivity contribution in [2.24, 2.45) is 0 Å². The van der Waals surface area contributed by atoms with Crippen molar-refractivity contribution in [3.8, 4) is 44.5 Å². The Hall–Kier alpha value is -7.68. The smallest absolute Gasteiger partial charge is 0.159 e. The molecule has 0 fully saturated rings. The van der Waals surface area contributed by atoms with Crippen LogP contribution in [0.1, 0.15) is 0 Å². The van der Waals surface area contributed by atoms with Crippen LogP contribution in [-0.2, 0) is 0 Å². The van der Waals surface area contributed by atoms with E-state index < -0.39 is 0 Å². The molecule has 0 aliphatic carbocycles. The van der Waals surface area contributed by atoms with Gasteiger partial charge in [-0.1, -0.05) is 188 Å². The van der Waals surface area contributed by atoms with Crippen LogP contribution >= 0.6 is 0 Å². The zero-order chi connectivity index (χ0) is 38.4. The Morgan fingerprint density at radius 1 is 0.293 bits per heavy atom. The van der Waals surface area contributed by atoms with Gasteiger partial charge in [0.1, 0.15) is 5.58 Å². The lowest BCUT2D eigenvalue weighted by Gasteiger charge is -2.29. The van der Waals surface area contributed by atoms with Crippen LogP contribution in [-0.4, -0.2) is 0 Å². The fourth-order valence-electron chi connectivity index (χ4n) is 8.83. The third-order valence-electron chi connectivity index (χ3n) is 11.4. The Morgan fingerprint density at radius 2 is 0.828 bits per heavy atom. The van der Waals surface area contributed by atoms with Crippen LogP contribution in [0.15, 0.2) is 229 Å². The molecule has 1 heterocycles. The van der Waals surface area contributed by atoms with Crippen molar-refractivity contribution in [2.45, 2.75) is 0 Å². The van der Waals surface area contributed by atoms with Crippen molar-refractivity contribution in [2.75, 3.05) is 4.90 Å². The van der Waals surface area contributed by atoms with Gasteiger partial charge in [-0.15, -0.1) is 0 Å². The van der Waals surface area contributed by atoms with Crippen LogP contribution in [0.5, 0.6) is 0 Å². The molecule has 11 aromatic rings. The molecular formula is C56H37NO. The summed E-state index contributed by atoms with van der Waals surface area (Å²) < 4.78 is 6.82. The SMILES string of the molecule is c1ccc(-c2ccc(N(c3ccc4c(c3)c(-c3ccccc3)c(-c3ccccc3)c3ccccc34)c3cccc4c3oc3ccccc34)c(-c3ccccc3)c2)cc1. The number of furan rings is 1. The molecule has 0 N–H and O–H groups in total. The second kappa shape index (κ2) is 14.1. The average Bonchev–Trinajstić information content (AvgIpc) is 3.69. The van der Waals surface area contributed by atoms with Crippen molar-refractivity contribution in [1.82, 2.24) is 0 Å². The zero-order valence-corrected chi connectivity index (χ0v) is 31.7. The van der Waals surface area contributed by atoms with Gasteiger partial charge in [0.05, 0.1) is 11.4 Å². The third kappa shape index (κ3) is 5.66. The molecule has 272 valence electrons. The summed E-state index contributed by atoms with van der Waals surface area (Å²) in [6, 6.07) is 80.7. The van der Waals surface area contributed by atoms with E-state index in [4.69, 9.17) is 4.42 Å². The Balaban J connectivity index is 1.26. The van der Waals surface area contributed by atoms with Gasteiger partial charge in [-0.2, -0.15) is 0 Å². The van der Waals surface area contributed by atoms with Crippen LogP contribution in [0.3, 0.4) is 0 Å². The highest BCUT2D eigenvalue weighted by Gasteiger charge is 2.25. The molecule has 1 aromatic heterocycles. The number of hydrogen-bond donors (Lipinski definition) is 0. The normalized spacial score (nSPS) is 11.4. The topological polar surface area (TPSA) is 16.4 Å². The quantitative estimate of drug-likeness (QED) is 0.151. The van der Waals surface area contributed by atoms with E-state index in [0.29, 0.717) is 0 Å². The number of fused-ring (bicyclic) bond motifs is 6. The van der Waals surface area contributed by atoms with Gasteiger partial charge in [-0.05, 0) is 96.9 Å². The van der Waals surface area contributed by atoms with E-state index >= 15 is 0 Å². The van der Waals surface area contributed by atoms with Crippen LogP contribution < -0.4 is 4.90 Å². The van der Waals surface area contributed by atoms with Crippen molar-refractivity contribution in [3.63, 3.8) is 0 Å². The highest BCUT2D eigenvalue weighted by molar-refractivity contribution is 6.22. The summed E-state index contributed by atoms with van der Waals surface area (Å²) in [4.78, 5) is 2.41. The first-order valence-electron chi connectivity index (χ1n) is 19.8. The minimum Gasteiger partial charge on any atom is -0.454 e. The van der Waals surface area contributed by atoms with Gasteiger partial charge >= 0.3 is 0 Å². The van der Waals surface area contributed by atoms with E-state index in [1.165, 1.54) is 49.4 Å². The van der Waals surface area contributed by atoms with E-state index in [1.807, 2.05) is 6.07 Å². The lowest BCUT2D eigenvalue weighted by molar-refractivity contribution is 0.669. The molecule has 0 radical (unpaired) electrons. The first-order chi connectivity index (χ1) is 28.8. The number of rotatable bonds is 7. The van der Waals surface area contributed by atoms with Gasteiger partial charge in [-0.3, -0.25) is 0 Å². The first kappa shape index (κ1) is 33.6. The number of benzene rings is 10. The summed E-state index contributed by atoms with van der Waals surface area (Å²) in [5.41, 5.74) is 14.2. The van der Waals surface area contributed by atoms with E-state index in [-0.39, 0.29) is 0 Å². The van der Waals surface area contributed by atoms with Crippen molar-refractivity contribution < 1.29 is 4.42 Å². The minimum absolute atomic E-state index is 0.849. The second-order valence-electron chi connectivity index (χ2n) is 14.8. The van der Waals surface area contributed by atoms with E-state index in [1.54, 1.807) is 0 Å². The molecule has 11 rings (SSSR count). The molecule has 0 saturated heterocycles. The van der Waals surface area contributed by atoms with Gasteiger partial charge in [0, 0.05) is 22.0 Å². The summed E-state index contributed by atoms with van der Waals surface area (Å²) in [7, 11) is 0. The molecular weight excluding hydrogens is 703 g/mol.